The van der Waals surface area contributed by atoms with Gasteiger partial charge in [0.1, 0.15) is 5.75 Å². The standard InChI is InChI=1S/C18H16Cl2N2O4/c19-13-7-15(20)18(21-8-13)22-16(23)9-26-17(24)10-25-14-5-4-11-2-1-3-12(11)6-14/h4-8H,1-3,9-10H2,(H,21,22,23). The molecule has 0 saturated carbocycles. The number of carbonyl (C=O) groups excluding carboxylic acids is 2. The molecule has 0 fully saturated rings. The van der Waals surface area contributed by atoms with Gasteiger partial charge in [0, 0.05) is 6.20 Å². The topological polar surface area (TPSA) is 77.5 Å². The molecule has 1 aromatic heterocycles. The number of carbonyl (C=O) groups is 2. The van der Waals surface area contributed by atoms with Crippen molar-refractivity contribution >= 4 is 40.9 Å². The zero-order valence-electron chi connectivity index (χ0n) is 13.8. The third kappa shape index (κ3) is 4.86. The van der Waals surface area contributed by atoms with Crippen LogP contribution in [0.2, 0.25) is 10.0 Å². The van der Waals surface area contributed by atoms with E-state index in [0.29, 0.717) is 10.8 Å². The second kappa shape index (κ2) is 8.38. The number of halogens is 2. The molecule has 0 saturated heterocycles. The number of aryl methyl sites for hydroxylation is 2. The second-order valence-electron chi connectivity index (χ2n) is 5.77. The molecule has 136 valence electrons. The first-order valence-corrected chi connectivity index (χ1v) is 8.78. The zero-order chi connectivity index (χ0) is 18.5. The highest BCUT2D eigenvalue weighted by Gasteiger charge is 2.14. The SMILES string of the molecule is O=C(COC(=O)COc1ccc2c(c1)CCC2)Nc1ncc(Cl)cc1Cl. The Kier molecular flexibility index (Phi) is 5.96. The van der Waals surface area contributed by atoms with E-state index in [9.17, 15) is 9.59 Å². The van der Waals surface area contributed by atoms with E-state index in [0.717, 1.165) is 19.3 Å². The highest BCUT2D eigenvalue weighted by atomic mass is 35.5. The molecular formula is C18H16Cl2N2O4. The molecule has 1 aromatic carbocycles. The van der Waals surface area contributed by atoms with E-state index in [2.05, 4.69) is 10.3 Å². The summed E-state index contributed by atoms with van der Waals surface area (Å²) in [5.41, 5.74) is 2.58. The smallest absolute Gasteiger partial charge is 0.344 e. The highest BCUT2D eigenvalue weighted by molar-refractivity contribution is 6.36. The van der Waals surface area contributed by atoms with Crippen molar-refractivity contribution in [1.29, 1.82) is 0 Å². The van der Waals surface area contributed by atoms with Gasteiger partial charge in [-0.1, -0.05) is 29.3 Å². The van der Waals surface area contributed by atoms with Crippen molar-refractivity contribution in [3.05, 3.63) is 51.6 Å². The van der Waals surface area contributed by atoms with Crippen molar-refractivity contribution in [2.75, 3.05) is 18.5 Å². The van der Waals surface area contributed by atoms with E-state index >= 15 is 0 Å². The Morgan fingerprint density at radius 1 is 1.12 bits per heavy atom. The number of benzene rings is 1. The van der Waals surface area contributed by atoms with E-state index in [-0.39, 0.29) is 17.4 Å². The Bertz CT molecular complexity index is 842. The Labute approximate surface area is 160 Å². The van der Waals surface area contributed by atoms with E-state index in [4.69, 9.17) is 32.7 Å². The molecule has 0 unspecified atom stereocenters. The first-order valence-electron chi connectivity index (χ1n) is 8.02. The van der Waals surface area contributed by atoms with Crippen molar-refractivity contribution in [2.45, 2.75) is 19.3 Å². The van der Waals surface area contributed by atoms with Crippen LogP contribution in [-0.2, 0) is 27.2 Å². The maximum Gasteiger partial charge on any atom is 0.344 e. The monoisotopic (exact) mass is 394 g/mol. The molecule has 1 amide bonds. The molecular weight excluding hydrogens is 379 g/mol. The lowest BCUT2D eigenvalue weighted by molar-refractivity contribution is -0.149. The van der Waals surface area contributed by atoms with Crippen LogP contribution in [0.5, 0.6) is 5.75 Å². The van der Waals surface area contributed by atoms with Crippen LogP contribution in [0.1, 0.15) is 17.5 Å². The van der Waals surface area contributed by atoms with Gasteiger partial charge >= 0.3 is 5.97 Å². The van der Waals surface area contributed by atoms with Crippen molar-refractivity contribution in [3.63, 3.8) is 0 Å². The van der Waals surface area contributed by atoms with Crippen LogP contribution >= 0.6 is 23.2 Å². The van der Waals surface area contributed by atoms with Crippen molar-refractivity contribution in [3.8, 4) is 5.75 Å². The van der Waals surface area contributed by atoms with Gasteiger partial charge in [0.15, 0.2) is 19.0 Å². The van der Waals surface area contributed by atoms with Crippen LogP contribution in [-0.4, -0.2) is 30.1 Å². The summed E-state index contributed by atoms with van der Waals surface area (Å²) >= 11 is 11.6. The van der Waals surface area contributed by atoms with Crippen LogP contribution in [0.25, 0.3) is 0 Å². The number of amides is 1. The predicted molar refractivity (Wildman–Crippen MR) is 97.8 cm³/mol. The summed E-state index contributed by atoms with van der Waals surface area (Å²) in [5, 5.41) is 2.98. The summed E-state index contributed by atoms with van der Waals surface area (Å²) in [4.78, 5) is 27.4. The van der Waals surface area contributed by atoms with Crippen LogP contribution < -0.4 is 10.1 Å². The van der Waals surface area contributed by atoms with Crippen molar-refractivity contribution < 1.29 is 19.1 Å². The fraction of sp³-hybridized carbons (Fsp3) is 0.278. The summed E-state index contributed by atoms with van der Waals surface area (Å²) in [7, 11) is 0. The van der Waals surface area contributed by atoms with Gasteiger partial charge in [-0.2, -0.15) is 0 Å². The molecule has 26 heavy (non-hydrogen) atoms. The van der Waals surface area contributed by atoms with Gasteiger partial charge < -0.3 is 14.8 Å². The molecule has 1 aliphatic carbocycles. The third-order valence-electron chi connectivity index (χ3n) is 3.86. The second-order valence-corrected chi connectivity index (χ2v) is 6.61. The van der Waals surface area contributed by atoms with Gasteiger partial charge in [-0.3, -0.25) is 4.79 Å². The number of nitrogens with zero attached hydrogens (tertiary/aromatic N) is 1. The first kappa shape index (κ1) is 18.5. The van der Waals surface area contributed by atoms with Gasteiger partial charge in [-0.15, -0.1) is 0 Å². The molecule has 0 atom stereocenters. The summed E-state index contributed by atoms with van der Waals surface area (Å²) in [6, 6.07) is 7.23. The predicted octanol–water partition coefficient (Wildman–Crippen LogP) is 3.44. The molecule has 0 radical (unpaired) electrons. The average Bonchev–Trinajstić information content (AvgIpc) is 3.08. The zero-order valence-corrected chi connectivity index (χ0v) is 15.3. The number of anilines is 1. The fourth-order valence-corrected chi connectivity index (χ4v) is 3.07. The fourth-order valence-electron chi connectivity index (χ4n) is 2.64. The maximum absolute atomic E-state index is 11.8. The number of esters is 1. The van der Waals surface area contributed by atoms with Gasteiger partial charge in [-0.25, -0.2) is 9.78 Å². The molecule has 0 spiro atoms. The third-order valence-corrected chi connectivity index (χ3v) is 4.35. The summed E-state index contributed by atoms with van der Waals surface area (Å²) in [6.07, 6.45) is 4.60. The average molecular weight is 395 g/mol. The molecule has 1 heterocycles. The molecule has 0 bridgehead atoms. The number of hydrogen-bond donors (Lipinski definition) is 1. The minimum absolute atomic E-state index is 0.145. The van der Waals surface area contributed by atoms with Gasteiger partial charge in [-0.05, 0) is 48.6 Å². The van der Waals surface area contributed by atoms with Crippen molar-refractivity contribution in [2.24, 2.45) is 0 Å². The molecule has 8 heteroatoms. The number of fused-ring (bicyclic) bond motifs is 1. The maximum atomic E-state index is 11.8. The summed E-state index contributed by atoms with van der Waals surface area (Å²) in [6.45, 7) is -0.737. The van der Waals surface area contributed by atoms with E-state index < -0.39 is 18.5 Å². The number of hydrogen-bond acceptors (Lipinski definition) is 5. The number of ether oxygens (including phenoxy) is 2. The van der Waals surface area contributed by atoms with E-state index in [1.54, 1.807) is 0 Å². The quantitative estimate of drug-likeness (QED) is 0.759. The molecule has 1 N–H and O–H groups in total. The summed E-state index contributed by atoms with van der Waals surface area (Å²) in [5.74, 6) is -0.445. The minimum atomic E-state index is -0.643. The van der Waals surface area contributed by atoms with Crippen LogP contribution in [0.15, 0.2) is 30.5 Å². The normalized spacial score (nSPS) is 12.4. The van der Waals surface area contributed by atoms with Crippen LogP contribution in [0, 0.1) is 0 Å². The molecule has 6 nitrogen and oxygen atoms in total. The van der Waals surface area contributed by atoms with Crippen LogP contribution in [0.3, 0.4) is 0 Å². The van der Waals surface area contributed by atoms with Gasteiger partial charge in [0.05, 0.1) is 10.0 Å². The Morgan fingerprint density at radius 2 is 1.92 bits per heavy atom. The Morgan fingerprint density at radius 3 is 2.73 bits per heavy atom. The molecule has 3 rings (SSSR count). The Balaban J connectivity index is 1.43. The first-order chi connectivity index (χ1) is 12.5. The van der Waals surface area contributed by atoms with E-state index in [1.807, 2.05) is 18.2 Å². The summed E-state index contributed by atoms with van der Waals surface area (Å²) < 4.78 is 10.3. The van der Waals surface area contributed by atoms with E-state index in [1.165, 1.54) is 23.4 Å². The molecule has 1 aliphatic rings. The number of aromatic nitrogens is 1. The van der Waals surface area contributed by atoms with Crippen LogP contribution in [0.4, 0.5) is 5.82 Å². The molecule has 2 aromatic rings. The number of rotatable bonds is 6. The molecule has 0 aliphatic heterocycles. The Hall–Kier alpha value is -2.31. The largest absolute Gasteiger partial charge is 0.482 e. The van der Waals surface area contributed by atoms with Crippen molar-refractivity contribution in [1.82, 2.24) is 4.98 Å². The number of nitrogens with one attached hydrogen (secondary N) is 1. The van der Waals surface area contributed by atoms with Gasteiger partial charge in [0.25, 0.3) is 5.91 Å². The lowest BCUT2D eigenvalue weighted by atomic mass is 10.1. The van der Waals surface area contributed by atoms with Gasteiger partial charge in [0.2, 0.25) is 0 Å². The minimum Gasteiger partial charge on any atom is -0.482 e. The number of pyridine rings is 1. The lowest BCUT2D eigenvalue weighted by Gasteiger charge is -2.09. The highest BCUT2D eigenvalue weighted by Crippen LogP contribution is 2.26. The lowest BCUT2D eigenvalue weighted by Crippen LogP contribution is -2.24.